The summed E-state index contributed by atoms with van der Waals surface area (Å²) in [5, 5.41) is 1.16. The second-order valence-electron chi connectivity index (χ2n) is 12.1. The summed E-state index contributed by atoms with van der Waals surface area (Å²) in [5.41, 5.74) is 3.25. The fourth-order valence-electron chi connectivity index (χ4n) is 5.32. The summed E-state index contributed by atoms with van der Waals surface area (Å²) in [6, 6.07) is 20.1. The molecule has 0 spiro atoms. The number of aliphatic imine (C=N–C) groups is 1. The van der Waals surface area contributed by atoms with Gasteiger partial charge in [-0.3, -0.25) is 14.8 Å². The standard InChI is InChI=1S/C36H41Cl2F3N4O2/c1-6-47-32-23-27(25(2)3)9-16-31(32)33(42-35(4,5)28-10-14-30(38)15-11-28)45(24-26-7-12-29(37)13-8-26)34(46)44-21-19-43(20-22-44)18-17-36(39,40)41/h7-16,23H,2,6,17-22,24H2,1,3-5H3/b42-33-. The van der Waals surface area contributed by atoms with E-state index in [9.17, 15) is 18.0 Å². The molecule has 0 atom stereocenters. The van der Waals surface area contributed by atoms with Gasteiger partial charge >= 0.3 is 12.2 Å². The summed E-state index contributed by atoms with van der Waals surface area (Å²) >= 11 is 12.4. The van der Waals surface area contributed by atoms with Crippen LogP contribution in [0, 0.1) is 0 Å². The van der Waals surface area contributed by atoms with Crippen LogP contribution in [0.5, 0.6) is 5.75 Å². The normalized spacial score (nSPS) is 14.7. The third-order valence-electron chi connectivity index (χ3n) is 8.05. The van der Waals surface area contributed by atoms with Gasteiger partial charge in [0.1, 0.15) is 11.6 Å². The van der Waals surface area contributed by atoms with Crippen molar-refractivity contribution in [1.82, 2.24) is 14.7 Å². The van der Waals surface area contributed by atoms with E-state index in [1.165, 1.54) is 0 Å². The highest BCUT2D eigenvalue weighted by Gasteiger charge is 2.34. The van der Waals surface area contributed by atoms with Crippen LogP contribution in [0.15, 0.2) is 78.3 Å². The number of rotatable bonds is 10. The van der Waals surface area contributed by atoms with Gasteiger partial charge in [-0.25, -0.2) is 4.79 Å². The van der Waals surface area contributed by atoms with Crippen molar-refractivity contribution in [3.63, 3.8) is 0 Å². The van der Waals surface area contributed by atoms with Crippen molar-refractivity contribution < 1.29 is 22.7 Å². The number of allylic oxidation sites excluding steroid dienone is 1. The lowest BCUT2D eigenvalue weighted by Crippen LogP contribution is -2.54. The van der Waals surface area contributed by atoms with Crippen LogP contribution in [0.2, 0.25) is 10.0 Å². The molecule has 252 valence electrons. The van der Waals surface area contributed by atoms with Crippen molar-refractivity contribution >= 4 is 40.6 Å². The molecule has 0 bridgehead atoms. The Morgan fingerprint density at radius 1 is 0.957 bits per heavy atom. The smallest absolute Gasteiger partial charge is 0.390 e. The summed E-state index contributed by atoms with van der Waals surface area (Å²) in [5.74, 6) is 0.936. The van der Waals surface area contributed by atoms with Crippen molar-refractivity contribution in [2.24, 2.45) is 4.99 Å². The Kier molecular flexibility index (Phi) is 12.0. The Bertz CT molecular complexity index is 1570. The van der Waals surface area contributed by atoms with E-state index in [1.54, 1.807) is 39.0 Å². The number of halogens is 5. The van der Waals surface area contributed by atoms with Crippen molar-refractivity contribution in [3.05, 3.63) is 106 Å². The van der Waals surface area contributed by atoms with Gasteiger partial charge < -0.3 is 9.64 Å². The molecule has 3 aromatic carbocycles. The summed E-state index contributed by atoms with van der Waals surface area (Å²) in [6.07, 6.45) is -5.12. The number of piperazine rings is 1. The van der Waals surface area contributed by atoms with Crippen LogP contribution in [0.25, 0.3) is 5.57 Å². The Balaban J connectivity index is 1.83. The van der Waals surface area contributed by atoms with Gasteiger partial charge in [-0.15, -0.1) is 0 Å². The Morgan fingerprint density at radius 3 is 2.11 bits per heavy atom. The summed E-state index contributed by atoms with van der Waals surface area (Å²) < 4.78 is 44.8. The molecule has 11 heteroatoms. The molecule has 0 saturated carbocycles. The molecular weight excluding hydrogens is 648 g/mol. The first kappa shape index (κ1) is 36.3. The van der Waals surface area contributed by atoms with E-state index in [0.29, 0.717) is 46.9 Å². The lowest BCUT2D eigenvalue weighted by molar-refractivity contribution is -0.138. The molecule has 1 aliphatic heterocycles. The molecule has 3 aromatic rings. The monoisotopic (exact) mass is 688 g/mol. The highest BCUT2D eigenvalue weighted by atomic mass is 35.5. The maximum Gasteiger partial charge on any atom is 0.390 e. The highest BCUT2D eigenvalue weighted by molar-refractivity contribution is 6.30. The number of hydrogen-bond acceptors (Lipinski definition) is 4. The van der Waals surface area contributed by atoms with Gasteiger partial charge in [0.15, 0.2) is 0 Å². The van der Waals surface area contributed by atoms with E-state index in [4.69, 9.17) is 32.9 Å². The van der Waals surface area contributed by atoms with Crippen LogP contribution in [0.1, 0.15) is 56.4 Å². The van der Waals surface area contributed by atoms with Crippen molar-refractivity contribution in [2.45, 2.75) is 52.4 Å². The van der Waals surface area contributed by atoms with Crippen LogP contribution in [-0.4, -0.2) is 72.1 Å². The minimum absolute atomic E-state index is 0.102. The molecule has 1 saturated heterocycles. The average molecular weight is 690 g/mol. The molecule has 0 N–H and O–H groups in total. The van der Waals surface area contributed by atoms with E-state index in [2.05, 4.69) is 6.58 Å². The number of amidine groups is 1. The number of alkyl halides is 3. The van der Waals surface area contributed by atoms with Crippen LogP contribution in [-0.2, 0) is 12.1 Å². The van der Waals surface area contributed by atoms with Crippen LogP contribution in [0.3, 0.4) is 0 Å². The van der Waals surface area contributed by atoms with Crippen LogP contribution >= 0.6 is 23.2 Å². The molecule has 0 aliphatic carbocycles. The third-order valence-corrected chi connectivity index (χ3v) is 8.55. The van der Waals surface area contributed by atoms with Crippen molar-refractivity contribution in [2.75, 3.05) is 39.3 Å². The highest BCUT2D eigenvalue weighted by Crippen LogP contribution is 2.32. The summed E-state index contributed by atoms with van der Waals surface area (Å²) in [4.78, 5) is 24.9. The molecular formula is C36H41Cl2F3N4O2. The van der Waals surface area contributed by atoms with Crippen molar-refractivity contribution in [3.8, 4) is 5.75 Å². The number of amides is 2. The Morgan fingerprint density at radius 2 is 1.55 bits per heavy atom. The first-order chi connectivity index (χ1) is 22.2. The number of carbonyl (C=O) groups excluding carboxylic acids is 1. The lowest BCUT2D eigenvalue weighted by Gasteiger charge is -2.38. The van der Waals surface area contributed by atoms with Crippen molar-refractivity contribution in [1.29, 1.82) is 0 Å². The number of carbonyl (C=O) groups is 1. The number of hydrogen-bond donors (Lipinski definition) is 0. The zero-order valence-corrected chi connectivity index (χ0v) is 28.7. The van der Waals surface area contributed by atoms with Gasteiger partial charge in [0.2, 0.25) is 0 Å². The molecule has 1 heterocycles. The second-order valence-corrected chi connectivity index (χ2v) is 13.0. The number of ether oxygens (including phenoxy) is 1. The average Bonchev–Trinajstić information content (AvgIpc) is 3.02. The largest absolute Gasteiger partial charge is 0.493 e. The molecule has 0 unspecified atom stereocenters. The first-order valence-corrected chi connectivity index (χ1v) is 16.3. The molecule has 0 radical (unpaired) electrons. The predicted octanol–water partition coefficient (Wildman–Crippen LogP) is 9.30. The fourth-order valence-corrected chi connectivity index (χ4v) is 5.58. The molecule has 47 heavy (non-hydrogen) atoms. The number of nitrogens with zero attached hydrogens (tertiary/aromatic N) is 4. The van der Waals surface area contributed by atoms with Crippen LogP contribution < -0.4 is 4.74 Å². The topological polar surface area (TPSA) is 48.4 Å². The zero-order valence-electron chi connectivity index (χ0n) is 27.2. The quantitative estimate of drug-likeness (QED) is 0.158. The molecule has 6 nitrogen and oxygen atoms in total. The van der Waals surface area contributed by atoms with E-state index in [0.717, 1.165) is 22.3 Å². The zero-order chi connectivity index (χ0) is 34.4. The summed E-state index contributed by atoms with van der Waals surface area (Å²) in [6.45, 7) is 13.4. The number of urea groups is 1. The predicted molar refractivity (Wildman–Crippen MR) is 184 cm³/mol. The second kappa shape index (κ2) is 15.6. The lowest BCUT2D eigenvalue weighted by atomic mass is 9.94. The molecule has 1 fully saturated rings. The van der Waals surface area contributed by atoms with Gasteiger partial charge in [0, 0.05) is 42.8 Å². The molecule has 4 rings (SSSR count). The van der Waals surface area contributed by atoms with Gasteiger partial charge in [-0.2, -0.15) is 13.2 Å². The van der Waals surface area contributed by atoms with E-state index in [-0.39, 0.29) is 32.2 Å². The Labute approximate surface area is 285 Å². The first-order valence-electron chi connectivity index (χ1n) is 15.6. The fraction of sp³-hybridized carbons (Fsp3) is 0.389. The minimum atomic E-state index is -4.23. The molecule has 2 amide bonds. The number of benzene rings is 3. The van der Waals surface area contributed by atoms with Crippen LogP contribution in [0.4, 0.5) is 18.0 Å². The Hall–Kier alpha value is -3.53. The third kappa shape index (κ3) is 9.98. The SMILES string of the molecule is C=C(C)c1ccc(/C(=N/C(C)(C)c2ccc(Cl)cc2)N(Cc2ccc(Cl)cc2)C(=O)N2CCN(CCC(F)(F)F)CC2)c(OCC)c1. The van der Waals surface area contributed by atoms with E-state index in [1.807, 2.05) is 70.2 Å². The molecule has 1 aliphatic rings. The van der Waals surface area contributed by atoms with E-state index >= 15 is 0 Å². The maximum absolute atomic E-state index is 14.6. The summed E-state index contributed by atoms with van der Waals surface area (Å²) in [7, 11) is 0. The van der Waals surface area contributed by atoms with E-state index < -0.39 is 18.1 Å². The molecule has 0 aromatic heterocycles. The van der Waals surface area contributed by atoms with Gasteiger partial charge in [0.25, 0.3) is 0 Å². The van der Waals surface area contributed by atoms with Gasteiger partial charge in [0.05, 0.1) is 30.7 Å². The van der Waals surface area contributed by atoms with Gasteiger partial charge in [-0.05, 0) is 80.8 Å². The minimum Gasteiger partial charge on any atom is -0.493 e. The van der Waals surface area contributed by atoms with Gasteiger partial charge in [-0.1, -0.05) is 65.7 Å². The maximum atomic E-state index is 14.6.